The van der Waals surface area contributed by atoms with Crippen molar-refractivity contribution in [3.8, 4) is 0 Å². The van der Waals surface area contributed by atoms with E-state index in [0.29, 0.717) is 16.5 Å². The van der Waals surface area contributed by atoms with Gasteiger partial charge in [-0.15, -0.1) is 11.8 Å². The van der Waals surface area contributed by atoms with Gasteiger partial charge in [0.1, 0.15) is 0 Å². The van der Waals surface area contributed by atoms with E-state index in [4.69, 9.17) is 17.3 Å². The lowest BCUT2D eigenvalue weighted by Crippen LogP contribution is -2.14. The summed E-state index contributed by atoms with van der Waals surface area (Å²) in [5.74, 6) is 0.289. The Hall–Kier alpha value is -1.65. The van der Waals surface area contributed by atoms with Crippen LogP contribution in [0, 0.1) is 0 Å². The summed E-state index contributed by atoms with van der Waals surface area (Å²) in [5, 5.41) is 3.41. The third kappa shape index (κ3) is 4.69. The summed E-state index contributed by atoms with van der Waals surface area (Å²) in [6.45, 7) is 2.08. The first-order chi connectivity index (χ1) is 10.1. The van der Waals surface area contributed by atoms with E-state index in [1.54, 1.807) is 12.1 Å². The number of carbonyl (C=O) groups excluding carboxylic acids is 1. The summed E-state index contributed by atoms with van der Waals surface area (Å²) < 4.78 is 0. The van der Waals surface area contributed by atoms with Gasteiger partial charge in [0.05, 0.1) is 16.5 Å². The van der Waals surface area contributed by atoms with Crippen LogP contribution < -0.4 is 11.1 Å². The fourth-order valence-corrected chi connectivity index (χ4v) is 2.79. The van der Waals surface area contributed by atoms with Crippen LogP contribution in [0.1, 0.15) is 12.5 Å². The Morgan fingerprint density at radius 3 is 2.81 bits per heavy atom. The molecule has 0 atom stereocenters. The van der Waals surface area contributed by atoms with E-state index in [1.807, 2.05) is 30.3 Å². The largest absolute Gasteiger partial charge is 0.398 e. The molecule has 5 heteroatoms. The van der Waals surface area contributed by atoms with Gasteiger partial charge in [0.15, 0.2) is 0 Å². The minimum absolute atomic E-state index is 0.0406. The molecule has 0 aromatic heterocycles. The average molecular weight is 321 g/mol. The highest BCUT2D eigenvalue weighted by Crippen LogP contribution is 2.26. The molecule has 0 unspecified atom stereocenters. The highest BCUT2D eigenvalue weighted by atomic mass is 35.5. The Balaban J connectivity index is 1.90. The first-order valence-electron chi connectivity index (χ1n) is 6.65. The van der Waals surface area contributed by atoms with Gasteiger partial charge in [0, 0.05) is 10.6 Å². The number of aryl methyl sites for hydroxylation is 1. The maximum Gasteiger partial charge on any atom is 0.234 e. The first-order valence-corrected chi connectivity index (χ1v) is 8.01. The molecule has 3 nitrogen and oxygen atoms in total. The maximum atomic E-state index is 11.9. The number of nitrogens with one attached hydrogen (secondary N) is 1. The van der Waals surface area contributed by atoms with Gasteiger partial charge in [0.25, 0.3) is 0 Å². The summed E-state index contributed by atoms with van der Waals surface area (Å²) in [7, 11) is 0. The minimum atomic E-state index is -0.0406. The number of amides is 1. The predicted molar refractivity (Wildman–Crippen MR) is 91.0 cm³/mol. The van der Waals surface area contributed by atoms with E-state index in [9.17, 15) is 4.79 Å². The van der Waals surface area contributed by atoms with Crippen LogP contribution >= 0.6 is 23.4 Å². The molecule has 0 spiro atoms. The van der Waals surface area contributed by atoms with Crippen LogP contribution in [0.5, 0.6) is 0 Å². The van der Waals surface area contributed by atoms with Gasteiger partial charge in [-0.2, -0.15) is 0 Å². The number of thioether (sulfide) groups is 1. The molecule has 0 radical (unpaired) electrons. The highest BCUT2D eigenvalue weighted by molar-refractivity contribution is 8.00. The van der Waals surface area contributed by atoms with Gasteiger partial charge in [0.2, 0.25) is 5.91 Å². The first kappa shape index (κ1) is 15.7. The molecular formula is C16H17ClN2OS. The third-order valence-corrected chi connectivity index (χ3v) is 4.28. The monoisotopic (exact) mass is 320 g/mol. The van der Waals surface area contributed by atoms with Gasteiger partial charge >= 0.3 is 0 Å². The highest BCUT2D eigenvalue weighted by Gasteiger charge is 2.05. The zero-order valence-electron chi connectivity index (χ0n) is 11.7. The number of hydrogen-bond acceptors (Lipinski definition) is 3. The molecular weight excluding hydrogens is 304 g/mol. The third-order valence-electron chi connectivity index (χ3n) is 2.96. The standard InChI is InChI=1S/C16H17ClN2OS/c1-2-11-4-3-5-12(8-11)19-16(20)10-21-13-6-7-15(18)14(17)9-13/h3-9H,2,10,18H2,1H3,(H,19,20). The molecule has 0 aliphatic heterocycles. The molecule has 0 bridgehead atoms. The fourth-order valence-electron chi connectivity index (χ4n) is 1.81. The van der Waals surface area contributed by atoms with Gasteiger partial charge in [-0.25, -0.2) is 0 Å². The van der Waals surface area contributed by atoms with Crippen LogP contribution in [0.2, 0.25) is 5.02 Å². The summed E-state index contributed by atoms with van der Waals surface area (Å²) in [4.78, 5) is 12.9. The van der Waals surface area contributed by atoms with Crippen molar-refractivity contribution in [1.82, 2.24) is 0 Å². The van der Waals surface area contributed by atoms with Crippen molar-refractivity contribution in [3.63, 3.8) is 0 Å². The van der Waals surface area contributed by atoms with Crippen molar-refractivity contribution in [2.45, 2.75) is 18.2 Å². The Kier molecular flexibility index (Phi) is 5.53. The molecule has 0 aliphatic rings. The number of hydrogen-bond donors (Lipinski definition) is 2. The molecule has 0 saturated carbocycles. The van der Waals surface area contributed by atoms with Crippen LogP contribution in [-0.2, 0) is 11.2 Å². The number of halogens is 1. The van der Waals surface area contributed by atoms with Gasteiger partial charge in [-0.1, -0.05) is 30.7 Å². The van der Waals surface area contributed by atoms with Crippen molar-refractivity contribution < 1.29 is 4.79 Å². The van der Waals surface area contributed by atoms with E-state index in [2.05, 4.69) is 12.2 Å². The van der Waals surface area contributed by atoms with Crippen LogP contribution in [-0.4, -0.2) is 11.7 Å². The fraction of sp³-hybridized carbons (Fsp3) is 0.188. The van der Waals surface area contributed by atoms with E-state index in [-0.39, 0.29) is 5.91 Å². The smallest absolute Gasteiger partial charge is 0.234 e. The Labute approximate surface area is 133 Å². The molecule has 3 N–H and O–H groups in total. The van der Waals surface area contributed by atoms with Crippen LogP contribution in [0.3, 0.4) is 0 Å². The number of carbonyl (C=O) groups is 1. The molecule has 0 saturated heterocycles. The Morgan fingerprint density at radius 2 is 2.10 bits per heavy atom. The summed E-state index contributed by atoms with van der Waals surface area (Å²) in [6, 6.07) is 13.2. The molecule has 0 aliphatic carbocycles. The van der Waals surface area contributed by atoms with Crippen molar-refractivity contribution in [2.24, 2.45) is 0 Å². The van der Waals surface area contributed by atoms with Crippen molar-refractivity contribution >= 4 is 40.6 Å². The molecule has 0 heterocycles. The lowest BCUT2D eigenvalue weighted by atomic mass is 10.1. The minimum Gasteiger partial charge on any atom is -0.398 e. The van der Waals surface area contributed by atoms with Crippen LogP contribution in [0.15, 0.2) is 47.4 Å². The lowest BCUT2D eigenvalue weighted by Gasteiger charge is -2.07. The summed E-state index contributed by atoms with van der Waals surface area (Å²) in [6.07, 6.45) is 0.947. The topological polar surface area (TPSA) is 55.1 Å². The predicted octanol–water partition coefficient (Wildman–Crippen LogP) is 4.22. The maximum absolute atomic E-state index is 11.9. The molecule has 2 rings (SSSR count). The molecule has 0 fully saturated rings. The molecule has 2 aromatic rings. The van der Waals surface area contributed by atoms with Crippen molar-refractivity contribution in [2.75, 3.05) is 16.8 Å². The SMILES string of the molecule is CCc1cccc(NC(=O)CSc2ccc(N)c(Cl)c2)c1. The number of anilines is 2. The second-order valence-electron chi connectivity index (χ2n) is 4.57. The number of nitrogens with two attached hydrogens (primary N) is 1. The van der Waals surface area contributed by atoms with Crippen LogP contribution in [0.25, 0.3) is 0 Å². The summed E-state index contributed by atoms with van der Waals surface area (Å²) >= 11 is 7.38. The quantitative estimate of drug-likeness (QED) is 0.640. The van der Waals surface area contributed by atoms with Crippen molar-refractivity contribution in [1.29, 1.82) is 0 Å². The zero-order valence-corrected chi connectivity index (χ0v) is 13.3. The molecule has 1 amide bonds. The normalized spacial score (nSPS) is 10.4. The van der Waals surface area contributed by atoms with Gasteiger partial charge in [-0.05, 0) is 42.3 Å². The average Bonchev–Trinajstić information content (AvgIpc) is 2.48. The number of benzene rings is 2. The second kappa shape index (κ2) is 7.38. The van der Waals surface area contributed by atoms with E-state index < -0.39 is 0 Å². The van der Waals surface area contributed by atoms with Crippen LogP contribution in [0.4, 0.5) is 11.4 Å². The van der Waals surface area contributed by atoms with Gasteiger partial charge in [-0.3, -0.25) is 4.79 Å². The molecule has 110 valence electrons. The second-order valence-corrected chi connectivity index (χ2v) is 6.03. The number of rotatable bonds is 5. The Morgan fingerprint density at radius 1 is 1.29 bits per heavy atom. The Bertz CT molecular complexity index is 646. The number of nitrogen functional groups attached to an aromatic ring is 1. The van der Waals surface area contributed by atoms with E-state index >= 15 is 0 Å². The van der Waals surface area contributed by atoms with Crippen molar-refractivity contribution in [3.05, 3.63) is 53.1 Å². The van der Waals surface area contributed by atoms with E-state index in [0.717, 1.165) is 17.0 Å². The lowest BCUT2D eigenvalue weighted by molar-refractivity contribution is -0.113. The zero-order chi connectivity index (χ0) is 15.2. The molecule has 21 heavy (non-hydrogen) atoms. The molecule has 2 aromatic carbocycles. The summed E-state index contributed by atoms with van der Waals surface area (Å²) in [5.41, 5.74) is 8.23. The van der Waals surface area contributed by atoms with E-state index in [1.165, 1.54) is 17.3 Å². The van der Waals surface area contributed by atoms with Gasteiger partial charge < -0.3 is 11.1 Å².